The van der Waals surface area contributed by atoms with E-state index in [1.807, 2.05) is 0 Å². The molecule has 108 valence electrons. The lowest BCUT2D eigenvalue weighted by Gasteiger charge is -2.22. The first-order valence-electron chi connectivity index (χ1n) is 5.44. The number of Topliss-reactive ketones (excluding diaryl/α,β-unsaturated/α-hetero) is 1. The number of nitrogens with zero attached hydrogens (tertiary/aromatic N) is 2. The molecule has 0 aliphatic carbocycles. The molecular formula is C11H8ClF3N2O3. The molecule has 1 aliphatic rings. The Labute approximate surface area is 116 Å². The predicted molar refractivity (Wildman–Crippen MR) is 62.6 cm³/mol. The van der Waals surface area contributed by atoms with E-state index in [1.54, 1.807) is 0 Å². The lowest BCUT2D eigenvalue weighted by atomic mass is 10.2. The summed E-state index contributed by atoms with van der Waals surface area (Å²) in [5.74, 6) is -1.73. The van der Waals surface area contributed by atoms with Crippen LogP contribution in [-0.4, -0.2) is 34.4 Å². The van der Waals surface area contributed by atoms with E-state index in [-0.39, 0.29) is 29.6 Å². The van der Waals surface area contributed by atoms with E-state index < -0.39 is 23.8 Å². The normalized spacial score (nSPS) is 19.5. The molecule has 0 aromatic carbocycles. The molecule has 2 heterocycles. The van der Waals surface area contributed by atoms with Gasteiger partial charge in [0.1, 0.15) is 11.9 Å². The second kappa shape index (κ2) is 4.93. The quantitative estimate of drug-likeness (QED) is 0.904. The van der Waals surface area contributed by atoms with Crippen LogP contribution in [0.15, 0.2) is 12.3 Å². The van der Waals surface area contributed by atoms with Crippen LogP contribution < -0.4 is 4.90 Å². The highest BCUT2D eigenvalue weighted by Crippen LogP contribution is 2.35. The Morgan fingerprint density at radius 1 is 1.50 bits per heavy atom. The number of carbonyl (C=O) groups excluding carboxylic acids is 1. The standard InChI is InChI=1S/C11H8ClF3N2O3/c12-7-1-5(11(13,14)15)3-16-9(7)17-4-6(18)2-8(17)10(19)20/h1,3,8H,2,4H2,(H,19,20). The van der Waals surface area contributed by atoms with Gasteiger partial charge in [0.25, 0.3) is 0 Å². The van der Waals surface area contributed by atoms with Crippen molar-refractivity contribution in [1.82, 2.24) is 4.98 Å². The van der Waals surface area contributed by atoms with Gasteiger partial charge in [0.2, 0.25) is 0 Å². The van der Waals surface area contributed by atoms with Crippen LogP contribution in [0.3, 0.4) is 0 Å². The van der Waals surface area contributed by atoms with Crippen molar-refractivity contribution in [3.63, 3.8) is 0 Å². The van der Waals surface area contributed by atoms with E-state index in [0.717, 1.165) is 4.90 Å². The number of carboxylic acid groups (broad SMARTS) is 1. The number of halogens is 4. The first-order valence-corrected chi connectivity index (χ1v) is 5.82. The number of carbonyl (C=O) groups is 2. The van der Waals surface area contributed by atoms with Crippen LogP contribution in [-0.2, 0) is 15.8 Å². The molecule has 1 saturated heterocycles. The molecule has 1 N–H and O–H groups in total. The summed E-state index contributed by atoms with van der Waals surface area (Å²) in [7, 11) is 0. The molecule has 1 aromatic rings. The summed E-state index contributed by atoms with van der Waals surface area (Å²) >= 11 is 5.72. The van der Waals surface area contributed by atoms with Crippen molar-refractivity contribution < 1.29 is 27.9 Å². The molecular weight excluding hydrogens is 301 g/mol. The van der Waals surface area contributed by atoms with E-state index in [1.165, 1.54) is 0 Å². The Balaban J connectivity index is 2.38. The lowest BCUT2D eigenvalue weighted by Crippen LogP contribution is -2.36. The highest BCUT2D eigenvalue weighted by molar-refractivity contribution is 6.33. The number of aliphatic carboxylic acids is 1. The smallest absolute Gasteiger partial charge is 0.417 e. The number of carboxylic acids is 1. The third-order valence-corrected chi connectivity index (χ3v) is 3.13. The summed E-state index contributed by atoms with van der Waals surface area (Å²) in [5.41, 5.74) is -1.04. The number of aromatic nitrogens is 1. The lowest BCUT2D eigenvalue weighted by molar-refractivity contribution is -0.139. The number of rotatable bonds is 2. The van der Waals surface area contributed by atoms with Gasteiger partial charge < -0.3 is 10.0 Å². The molecule has 1 aliphatic heterocycles. The van der Waals surface area contributed by atoms with E-state index in [4.69, 9.17) is 16.7 Å². The molecule has 0 spiro atoms. The van der Waals surface area contributed by atoms with Crippen LogP contribution in [0.25, 0.3) is 0 Å². The second-order valence-corrected chi connectivity index (χ2v) is 4.66. The van der Waals surface area contributed by atoms with Gasteiger partial charge in [-0.2, -0.15) is 13.2 Å². The topological polar surface area (TPSA) is 70.5 Å². The number of hydrogen-bond acceptors (Lipinski definition) is 4. The maximum Gasteiger partial charge on any atom is 0.417 e. The Morgan fingerprint density at radius 3 is 2.65 bits per heavy atom. The maximum absolute atomic E-state index is 12.5. The molecule has 0 amide bonds. The van der Waals surface area contributed by atoms with Crippen LogP contribution >= 0.6 is 11.6 Å². The van der Waals surface area contributed by atoms with E-state index >= 15 is 0 Å². The number of hydrogen-bond donors (Lipinski definition) is 1. The van der Waals surface area contributed by atoms with Crippen molar-refractivity contribution in [2.45, 2.75) is 18.6 Å². The third kappa shape index (κ3) is 2.69. The van der Waals surface area contributed by atoms with E-state index in [9.17, 15) is 22.8 Å². The van der Waals surface area contributed by atoms with Gasteiger partial charge in [0.15, 0.2) is 5.78 Å². The van der Waals surface area contributed by atoms with Gasteiger partial charge in [-0.25, -0.2) is 9.78 Å². The van der Waals surface area contributed by atoms with Crippen LogP contribution in [0.1, 0.15) is 12.0 Å². The van der Waals surface area contributed by atoms with Crippen molar-refractivity contribution in [2.24, 2.45) is 0 Å². The fraction of sp³-hybridized carbons (Fsp3) is 0.364. The van der Waals surface area contributed by atoms with Gasteiger partial charge in [0, 0.05) is 12.6 Å². The Morgan fingerprint density at radius 2 is 2.15 bits per heavy atom. The minimum Gasteiger partial charge on any atom is -0.480 e. The summed E-state index contributed by atoms with van der Waals surface area (Å²) in [6.07, 6.45) is -4.26. The van der Waals surface area contributed by atoms with Crippen molar-refractivity contribution >= 4 is 29.2 Å². The molecule has 1 fully saturated rings. The Hall–Kier alpha value is -1.83. The minimum atomic E-state index is -4.60. The molecule has 2 rings (SSSR count). The minimum absolute atomic E-state index is 0.141. The van der Waals surface area contributed by atoms with Gasteiger partial charge in [-0.15, -0.1) is 0 Å². The van der Waals surface area contributed by atoms with Crippen molar-refractivity contribution in [3.8, 4) is 0 Å². The van der Waals surface area contributed by atoms with Crippen LogP contribution in [0, 0.1) is 0 Å². The van der Waals surface area contributed by atoms with Gasteiger partial charge in [-0.3, -0.25) is 4.79 Å². The molecule has 0 radical (unpaired) electrons. The van der Waals surface area contributed by atoms with Crippen LogP contribution in [0.5, 0.6) is 0 Å². The van der Waals surface area contributed by atoms with Crippen molar-refractivity contribution in [1.29, 1.82) is 0 Å². The van der Waals surface area contributed by atoms with Crippen molar-refractivity contribution in [3.05, 3.63) is 22.8 Å². The summed E-state index contributed by atoms with van der Waals surface area (Å²) < 4.78 is 37.4. The van der Waals surface area contributed by atoms with Crippen molar-refractivity contribution in [2.75, 3.05) is 11.4 Å². The fourth-order valence-electron chi connectivity index (χ4n) is 1.93. The zero-order valence-electron chi connectivity index (χ0n) is 9.82. The van der Waals surface area contributed by atoms with Crippen LogP contribution in [0.2, 0.25) is 5.02 Å². The largest absolute Gasteiger partial charge is 0.480 e. The summed E-state index contributed by atoms with van der Waals surface area (Å²) in [5, 5.41) is 8.65. The monoisotopic (exact) mass is 308 g/mol. The van der Waals surface area contributed by atoms with E-state index in [0.29, 0.717) is 12.3 Å². The summed E-state index contributed by atoms with van der Waals surface area (Å²) in [6, 6.07) is -0.504. The average molecular weight is 309 g/mol. The second-order valence-electron chi connectivity index (χ2n) is 4.25. The number of pyridine rings is 1. The molecule has 20 heavy (non-hydrogen) atoms. The molecule has 1 unspecified atom stereocenters. The fourth-order valence-corrected chi connectivity index (χ4v) is 2.21. The Bertz CT molecular complexity index is 577. The highest BCUT2D eigenvalue weighted by atomic mass is 35.5. The average Bonchev–Trinajstić information content (AvgIpc) is 2.70. The first kappa shape index (κ1) is 14.6. The number of anilines is 1. The van der Waals surface area contributed by atoms with Gasteiger partial charge >= 0.3 is 12.1 Å². The first-order chi connectivity index (χ1) is 9.20. The van der Waals surface area contributed by atoms with Gasteiger partial charge in [-0.05, 0) is 6.07 Å². The SMILES string of the molecule is O=C1CC(C(=O)O)N(c2ncc(C(F)(F)F)cc2Cl)C1. The molecule has 5 nitrogen and oxygen atoms in total. The van der Waals surface area contributed by atoms with Gasteiger partial charge in [0.05, 0.1) is 17.1 Å². The summed E-state index contributed by atoms with van der Waals surface area (Å²) in [4.78, 5) is 27.0. The highest BCUT2D eigenvalue weighted by Gasteiger charge is 2.38. The van der Waals surface area contributed by atoms with E-state index in [2.05, 4.69) is 4.98 Å². The zero-order valence-corrected chi connectivity index (χ0v) is 10.6. The number of alkyl halides is 3. The predicted octanol–water partition coefficient (Wildman–Crippen LogP) is 1.99. The van der Waals surface area contributed by atoms with Gasteiger partial charge in [-0.1, -0.05) is 11.6 Å². The van der Waals surface area contributed by atoms with Crippen LogP contribution in [0.4, 0.5) is 19.0 Å². The molecule has 1 aromatic heterocycles. The molecule has 0 saturated carbocycles. The molecule has 9 heteroatoms. The maximum atomic E-state index is 12.5. The Kier molecular flexibility index (Phi) is 3.59. The summed E-state index contributed by atoms with van der Waals surface area (Å²) in [6.45, 7) is -0.241. The zero-order chi connectivity index (χ0) is 15.1. The molecule has 1 atom stereocenters. The third-order valence-electron chi connectivity index (χ3n) is 2.85. The molecule has 0 bridgehead atoms. The number of ketones is 1.